The molecule has 0 nitrogen and oxygen atoms in total. The summed E-state index contributed by atoms with van der Waals surface area (Å²) in [5.41, 5.74) is 5.15. The molecule has 5 aromatic carbocycles. The molecule has 0 unspecified atom stereocenters. The predicted octanol–water partition coefficient (Wildman–Crippen LogP) is 7.11. The SMILES string of the molecule is CP(C)(c1ccccc1)(c1ccccc1-c1ccccc1)c1ccccc1-c1ccccc1. The molecule has 1 heteroatoms. The van der Waals surface area contributed by atoms with Gasteiger partial charge in [-0.05, 0) is 0 Å². The van der Waals surface area contributed by atoms with Crippen molar-refractivity contribution in [2.75, 3.05) is 13.3 Å². The van der Waals surface area contributed by atoms with Crippen LogP contribution in [-0.2, 0) is 0 Å². The molecule has 0 aliphatic carbocycles. The Balaban J connectivity index is 1.90. The summed E-state index contributed by atoms with van der Waals surface area (Å²) in [5, 5.41) is 4.24. The Labute approximate surface area is 197 Å². The van der Waals surface area contributed by atoms with Crippen LogP contribution >= 0.6 is 6.60 Å². The van der Waals surface area contributed by atoms with Crippen LogP contribution in [0.2, 0.25) is 0 Å². The van der Waals surface area contributed by atoms with Gasteiger partial charge in [-0.25, -0.2) is 0 Å². The summed E-state index contributed by atoms with van der Waals surface area (Å²) >= 11 is 0. The standard InChI is InChI=1S/C32H29P/c1-33(2,28-20-10-5-11-21-28,31-24-14-12-22-29(31)26-16-6-3-7-17-26)32-25-15-13-23-30(32)27-18-8-4-9-19-27/h3-25H,1-2H3. The van der Waals surface area contributed by atoms with Crippen LogP contribution in [0.4, 0.5) is 0 Å². The first kappa shape index (κ1) is 21.4. The zero-order valence-electron chi connectivity index (χ0n) is 19.2. The van der Waals surface area contributed by atoms with Crippen molar-refractivity contribution in [1.29, 1.82) is 0 Å². The average molecular weight is 445 g/mol. The summed E-state index contributed by atoms with van der Waals surface area (Å²) in [4.78, 5) is 0. The molecule has 5 rings (SSSR count). The van der Waals surface area contributed by atoms with E-state index in [9.17, 15) is 0 Å². The van der Waals surface area contributed by atoms with E-state index in [2.05, 4.69) is 153 Å². The second-order valence-corrected chi connectivity index (χ2v) is 15.0. The third kappa shape index (κ3) is 3.62. The summed E-state index contributed by atoms with van der Waals surface area (Å²) in [7, 11) is 0. The van der Waals surface area contributed by atoms with Gasteiger partial charge in [0, 0.05) is 0 Å². The van der Waals surface area contributed by atoms with Gasteiger partial charge < -0.3 is 0 Å². The van der Waals surface area contributed by atoms with Crippen molar-refractivity contribution in [2.45, 2.75) is 0 Å². The molecular weight excluding hydrogens is 415 g/mol. The van der Waals surface area contributed by atoms with Crippen molar-refractivity contribution in [3.63, 3.8) is 0 Å². The second-order valence-electron chi connectivity index (χ2n) is 9.23. The van der Waals surface area contributed by atoms with Crippen molar-refractivity contribution < 1.29 is 0 Å². The maximum atomic E-state index is 2.52. The van der Waals surface area contributed by atoms with E-state index in [4.69, 9.17) is 0 Å². The van der Waals surface area contributed by atoms with Crippen LogP contribution in [0.1, 0.15) is 0 Å². The molecule has 0 amide bonds. The van der Waals surface area contributed by atoms with Gasteiger partial charge in [-0.2, -0.15) is 0 Å². The monoisotopic (exact) mass is 444 g/mol. The number of hydrogen-bond donors (Lipinski definition) is 0. The van der Waals surface area contributed by atoms with Crippen molar-refractivity contribution >= 4 is 22.5 Å². The maximum absolute atomic E-state index is 2.85. The third-order valence-corrected chi connectivity index (χ3v) is 12.5. The van der Waals surface area contributed by atoms with E-state index < -0.39 is 6.60 Å². The van der Waals surface area contributed by atoms with Crippen molar-refractivity contribution in [3.8, 4) is 22.3 Å². The van der Waals surface area contributed by atoms with Gasteiger partial charge in [-0.1, -0.05) is 0 Å². The van der Waals surface area contributed by atoms with Crippen molar-refractivity contribution in [3.05, 3.63) is 140 Å². The molecule has 0 atom stereocenters. The summed E-state index contributed by atoms with van der Waals surface area (Å²) in [6.07, 6.45) is 0. The Morgan fingerprint density at radius 1 is 0.364 bits per heavy atom. The molecule has 0 saturated carbocycles. The van der Waals surface area contributed by atoms with Gasteiger partial charge in [0.2, 0.25) is 0 Å². The van der Waals surface area contributed by atoms with E-state index in [0.717, 1.165) is 0 Å². The van der Waals surface area contributed by atoms with Gasteiger partial charge in [0.25, 0.3) is 0 Å². The molecule has 0 bridgehead atoms. The Morgan fingerprint density at radius 2 is 0.697 bits per heavy atom. The van der Waals surface area contributed by atoms with E-state index >= 15 is 0 Å². The number of rotatable bonds is 5. The zero-order valence-corrected chi connectivity index (χ0v) is 20.1. The van der Waals surface area contributed by atoms with Gasteiger partial charge in [0.1, 0.15) is 0 Å². The molecule has 5 aromatic rings. The van der Waals surface area contributed by atoms with Gasteiger partial charge in [0.15, 0.2) is 0 Å². The van der Waals surface area contributed by atoms with E-state index in [1.54, 1.807) is 0 Å². The molecule has 0 saturated heterocycles. The van der Waals surface area contributed by atoms with Gasteiger partial charge in [-0.15, -0.1) is 0 Å². The fourth-order valence-electron chi connectivity index (χ4n) is 5.12. The number of hydrogen-bond acceptors (Lipinski definition) is 0. The zero-order chi connectivity index (χ0) is 22.8. The Morgan fingerprint density at radius 3 is 1.12 bits per heavy atom. The molecule has 0 aliphatic rings. The molecule has 0 fully saturated rings. The van der Waals surface area contributed by atoms with Gasteiger partial charge in [0.05, 0.1) is 0 Å². The minimum absolute atomic E-state index is 1.26. The van der Waals surface area contributed by atoms with Gasteiger partial charge in [-0.3, -0.25) is 0 Å². The fraction of sp³-hybridized carbons (Fsp3) is 0.0625. The Hall–Kier alpha value is -3.47. The van der Waals surface area contributed by atoms with Crippen LogP contribution in [0, 0.1) is 0 Å². The molecule has 0 radical (unpaired) electrons. The molecule has 0 heterocycles. The normalized spacial score (nSPS) is 12.6. The van der Waals surface area contributed by atoms with Crippen LogP contribution in [0.15, 0.2) is 140 Å². The van der Waals surface area contributed by atoms with E-state index in [1.165, 1.54) is 38.2 Å². The number of benzene rings is 5. The van der Waals surface area contributed by atoms with Crippen LogP contribution in [0.5, 0.6) is 0 Å². The molecule has 162 valence electrons. The van der Waals surface area contributed by atoms with Gasteiger partial charge >= 0.3 is 198 Å². The van der Waals surface area contributed by atoms with Crippen LogP contribution in [0.25, 0.3) is 22.3 Å². The molecule has 0 aliphatic heterocycles. The van der Waals surface area contributed by atoms with E-state index in [1.807, 2.05) is 0 Å². The summed E-state index contributed by atoms with van der Waals surface area (Å²) in [5.74, 6) is 0. The molecule has 0 spiro atoms. The third-order valence-electron chi connectivity index (χ3n) is 6.95. The molecule has 33 heavy (non-hydrogen) atoms. The summed E-state index contributed by atoms with van der Waals surface area (Å²) < 4.78 is 0. The molecule has 0 aromatic heterocycles. The van der Waals surface area contributed by atoms with Crippen molar-refractivity contribution in [1.82, 2.24) is 0 Å². The van der Waals surface area contributed by atoms with Crippen LogP contribution < -0.4 is 15.9 Å². The topological polar surface area (TPSA) is 0 Å². The summed E-state index contributed by atoms with van der Waals surface area (Å²) in [6.45, 7) is 2.19. The Kier molecular flexibility index (Phi) is 5.49. The predicted molar refractivity (Wildman–Crippen MR) is 148 cm³/mol. The first-order valence-electron chi connectivity index (χ1n) is 11.5. The first-order chi connectivity index (χ1) is 16.1. The van der Waals surface area contributed by atoms with E-state index in [0.29, 0.717) is 0 Å². The quantitative estimate of drug-likeness (QED) is 0.253. The minimum atomic E-state index is -2.85. The Bertz CT molecular complexity index is 1280. The average Bonchev–Trinajstić information content (AvgIpc) is 2.90. The van der Waals surface area contributed by atoms with Crippen LogP contribution in [-0.4, -0.2) is 13.3 Å². The molecule has 0 N–H and O–H groups in total. The first-order valence-corrected chi connectivity index (χ1v) is 14.6. The fourth-order valence-corrected chi connectivity index (χ4v) is 9.93. The molecular formula is C32H29P. The second kappa shape index (κ2) is 8.47. The summed E-state index contributed by atoms with van der Waals surface area (Å²) in [6, 6.07) is 50.7. The van der Waals surface area contributed by atoms with E-state index in [-0.39, 0.29) is 0 Å². The van der Waals surface area contributed by atoms with Crippen LogP contribution in [0.3, 0.4) is 0 Å². The van der Waals surface area contributed by atoms with Crippen molar-refractivity contribution in [2.24, 2.45) is 0 Å².